The van der Waals surface area contributed by atoms with Gasteiger partial charge < -0.3 is 5.32 Å². The quantitative estimate of drug-likeness (QED) is 0.903. The third kappa shape index (κ3) is 3.25. The van der Waals surface area contributed by atoms with E-state index >= 15 is 0 Å². The predicted molar refractivity (Wildman–Crippen MR) is 69.0 cm³/mol. The van der Waals surface area contributed by atoms with Crippen LogP contribution in [0.15, 0.2) is 42.9 Å². The number of nitrogens with zero attached hydrogens (tertiary/aromatic N) is 2. The SMILES string of the molecule is CNC(Cc1ccc(Cl)cc1)c1ccncn1. The molecule has 0 bridgehead atoms. The molecule has 1 N–H and O–H groups in total. The second kappa shape index (κ2) is 5.75. The Morgan fingerprint density at radius 2 is 2.00 bits per heavy atom. The van der Waals surface area contributed by atoms with Crippen molar-refractivity contribution in [3.05, 3.63) is 59.1 Å². The van der Waals surface area contributed by atoms with Crippen LogP contribution in [0.2, 0.25) is 5.02 Å². The highest BCUT2D eigenvalue weighted by atomic mass is 35.5. The number of hydrogen-bond acceptors (Lipinski definition) is 3. The van der Waals surface area contributed by atoms with Crippen LogP contribution >= 0.6 is 11.6 Å². The van der Waals surface area contributed by atoms with Crippen molar-refractivity contribution in [3.63, 3.8) is 0 Å². The monoisotopic (exact) mass is 247 g/mol. The molecule has 0 aliphatic carbocycles. The van der Waals surface area contributed by atoms with E-state index in [1.54, 1.807) is 12.5 Å². The van der Waals surface area contributed by atoms with E-state index in [4.69, 9.17) is 11.6 Å². The van der Waals surface area contributed by atoms with Gasteiger partial charge in [-0.25, -0.2) is 9.97 Å². The fourth-order valence-electron chi connectivity index (χ4n) is 1.72. The number of halogens is 1. The van der Waals surface area contributed by atoms with Gasteiger partial charge in [0.1, 0.15) is 6.33 Å². The summed E-state index contributed by atoms with van der Waals surface area (Å²) in [5.41, 5.74) is 2.23. The van der Waals surface area contributed by atoms with Gasteiger partial charge >= 0.3 is 0 Å². The first-order valence-electron chi connectivity index (χ1n) is 5.47. The Morgan fingerprint density at radius 3 is 2.59 bits per heavy atom. The number of aromatic nitrogens is 2. The van der Waals surface area contributed by atoms with Crippen LogP contribution in [0.5, 0.6) is 0 Å². The minimum atomic E-state index is 0.194. The lowest BCUT2D eigenvalue weighted by molar-refractivity contribution is 0.574. The standard InChI is InChI=1S/C13H14ClN3/c1-15-13(12-6-7-16-9-17-12)8-10-2-4-11(14)5-3-10/h2-7,9,13,15H,8H2,1H3. The van der Waals surface area contributed by atoms with Crippen molar-refractivity contribution in [1.82, 2.24) is 15.3 Å². The highest BCUT2D eigenvalue weighted by Crippen LogP contribution is 2.17. The maximum absolute atomic E-state index is 5.86. The second-order valence-electron chi connectivity index (χ2n) is 3.81. The molecule has 2 rings (SSSR count). The van der Waals surface area contributed by atoms with E-state index in [-0.39, 0.29) is 6.04 Å². The summed E-state index contributed by atoms with van der Waals surface area (Å²) in [6, 6.07) is 10.0. The second-order valence-corrected chi connectivity index (χ2v) is 4.24. The van der Waals surface area contributed by atoms with Gasteiger partial charge in [-0.2, -0.15) is 0 Å². The van der Waals surface area contributed by atoms with Gasteiger partial charge in [0.25, 0.3) is 0 Å². The van der Waals surface area contributed by atoms with Gasteiger partial charge in [-0.05, 0) is 37.2 Å². The summed E-state index contributed by atoms with van der Waals surface area (Å²) in [7, 11) is 1.93. The average molecular weight is 248 g/mol. The zero-order valence-electron chi connectivity index (χ0n) is 9.60. The zero-order chi connectivity index (χ0) is 12.1. The van der Waals surface area contributed by atoms with Crippen LogP contribution in [-0.4, -0.2) is 17.0 Å². The lowest BCUT2D eigenvalue weighted by atomic mass is 10.0. The van der Waals surface area contributed by atoms with E-state index in [1.165, 1.54) is 5.56 Å². The fraction of sp³-hybridized carbons (Fsp3) is 0.231. The molecule has 0 saturated carbocycles. The molecule has 0 amide bonds. The molecule has 1 aromatic heterocycles. The molecule has 3 nitrogen and oxygen atoms in total. The summed E-state index contributed by atoms with van der Waals surface area (Å²) in [5, 5.41) is 4.02. The molecule has 0 saturated heterocycles. The molecule has 2 aromatic rings. The van der Waals surface area contributed by atoms with Crippen LogP contribution in [0.4, 0.5) is 0 Å². The Hall–Kier alpha value is -1.45. The molecule has 1 aromatic carbocycles. The smallest absolute Gasteiger partial charge is 0.115 e. The lowest BCUT2D eigenvalue weighted by Crippen LogP contribution is -2.20. The Labute approximate surface area is 106 Å². The minimum absolute atomic E-state index is 0.194. The molecule has 4 heteroatoms. The molecule has 1 unspecified atom stereocenters. The van der Waals surface area contributed by atoms with Gasteiger partial charge in [0, 0.05) is 11.2 Å². The third-order valence-corrected chi connectivity index (χ3v) is 2.92. The van der Waals surface area contributed by atoms with E-state index in [0.717, 1.165) is 17.1 Å². The maximum Gasteiger partial charge on any atom is 0.115 e. The Bertz CT molecular complexity index is 456. The normalized spacial score (nSPS) is 12.4. The van der Waals surface area contributed by atoms with Crippen molar-refractivity contribution >= 4 is 11.6 Å². The summed E-state index contributed by atoms with van der Waals surface area (Å²) >= 11 is 5.86. The van der Waals surface area contributed by atoms with Crippen molar-refractivity contribution < 1.29 is 0 Å². The molecule has 0 fully saturated rings. The Kier molecular flexibility index (Phi) is 4.07. The molecule has 0 spiro atoms. The third-order valence-electron chi connectivity index (χ3n) is 2.66. The molecule has 0 radical (unpaired) electrons. The first-order chi connectivity index (χ1) is 8.29. The number of likely N-dealkylation sites (N-methyl/N-ethyl adjacent to an activating group) is 1. The van der Waals surface area contributed by atoms with Gasteiger partial charge in [0.15, 0.2) is 0 Å². The zero-order valence-corrected chi connectivity index (χ0v) is 10.4. The number of nitrogens with one attached hydrogen (secondary N) is 1. The van der Waals surface area contributed by atoms with Crippen LogP contribution < -0.4 is 5.32 Å². The maximum atomic E-state index is 5.86. The van der Waals surface area contributed by atoms with E-state index < -0.39 is 0 Å². The fourth-order valence-corrected chi connectivity index (χ4v) is 1.84. The highest BCUT2D eigenvalue weighted by Gasteiger charge is 2.10. The van der Waals surface area contributed by atoms with Gasteiger partial charge in [-0.15, -0.1) is 0 Å². The average Bonchev–Trinajstić information content (AvgIpc) is 2.39. The Balaban J connectivity index is 2.13. The summed E-state index contributed by atoms with van der Waals surface area (Å²) in [6.07, 6.45) is 4.21. The Morgan fingerprint density at radius 1 is 1.24 bits per heavy atom. The number of benzene rings is 1. The molecule has 0 aliphatic rings. The van der Waals surface area contributed by atoms with Gasteiger partial charge in [0.2, 0.25) is 0 Å². The van der Waals surface area contributed by atoms with Gasteiger partial charge in [0.05, 0.1) is 11.7 Å². The predicted octanol–water partition coefficient (Wildman–Crippen LogP) is 2.63. The van der Waals surface area contributed by atoms with Gasteiger partial charge in [-0.1, -0.05) is 23.7 Å². The number of rotatable bonds is 4. The molecule has 1 atom stereocenters. The van der Waals surface area contributed by atoms with Crippen molar-refractivity contribution in [2.24, 2.45) is 0 Å². The van der Waals surface area contributed by atoms with Crippen molar-refractivity contribution in [2.45, 2.75) is 12.5 Å². The summed E-state index contributed by atoms with van der Waals surface area (Å²) in [6.45, 7) is 0. The topological polar surface area (TPSA) is 37.8 Å². The molecule has 88 valence electrons. The van der Waals surface area contributed by atoms with Crippen LogP contribution in [0.3, 0.4) is 0 Å². The van der Waals surface area contributed by atoms with Crippen LogP contribution in [0.25, 0.3) is 0 Å². The van der Waals surface area contributed by atoms with E-state index in [0.29, 0.717) is 0 Å². The van der Waals surface area contributed by atoms with Crippen LogP contribution in [-0.2, 0) is 6.42 Å². The van der Waals surface area contributed by atoms with Gasteiger partial charge in [-0.3, -0.25) is 0 Å². The van der Waals surface area contributed by atoms with Crippen LogP contribution in [0, 0.1) is 0 Å². The molecular formula is C13H14ClN3. The summed E-state index contributed by atoms with van der Waals surface area (Å²) < 4.78 is 0. The highest BCUT2D eigenvalue weighted by molar-refractivity contribution is 6.30. The summed E-state index contributed by atoms with van der Waals surface area (Å²) in [4.78, 5) is 8.19. The summed E-state index contributed by atoms with van der Waals surface area (Å²) in [5.74, 6) is 0. The minimum Gasteiger partial charge on any atom is -0.311 e. The van der Waals surface area contributed by atoms with Crippen molar-refractivity contribution in [3.8, 4) is 0 Å². The van der Waals surface area contributed by atoms with E-state index in [9.17, 15) is 0 Å². The molecular weight excluding hydrogens is 234 g/mol. The van der Waals surface area contributed by atoms with Crippen molar-refractivity contribution in [2.75, 3.05) is 7.05 Å². The van der Waals surface area contributed by atoms with Crippen LogP contribution in [0.1, 0.15) is 17.3 Å². The first kappa shape index (κ1) is 12.0. The molecule has 0 aliphatic heterocycles. The largest absolute Gasteiger partial charge is 0.311 e. The molecule has 1 heterocycles. The lowest BCUT2D eigenvalue weighted by Gasteiger charge is -2.15. The van der Waals surface area contributed by atoms with E-state index in [1.807, 2.05) is 37.4 Å². The van der Waals surface area contributed by atoms with E-state index in [2.05, 4.69) is 15.3 Å². The van der Waals surface area contributed by atoms with Crippen molar-refractivity contribution in [1.29, 1.82) is 0 Å². The number of hydrogen-bond donors (Lipinski definition) is 1. The molecule has 17 heavy (non-hydrogen) atoms. The first-order valence-corrected chi connectivity index (χ1v) is 5.85.